The first-order valence-electron chi connectivity index (χ1n) is 8.33. The number of hydrogen-bond donors (Lipinski definition) is 2. The van der Waals surface area contributed by atoms with Gasteiger partial charge in [0.15, 0.2) is 0 Å². The molecule has 0 aromatic heterocycles. The lowest BCUT2D eigenvalue weighted by atomic mass is 9.84. The van der Waals surface area contributed by atoms with Crippen molar-refractivity contribution in [1.29, 1.82) is 0 Å². The van der Waals surface area contributed by atoms with Crippen LogP contribution in [0.5, 0.6) is 0 Å². The van der Waals surface area contributed by atoms with Crippen LogP contribution in [-0.2, 0) is 5.60 Å². The quantitative estimate of drug-likeness (QED) is 0.663. The molecular formula is C21H26ClNO. The van der Waals surface area contributed by atoms with E-state index in [0.717, 1.165) is 30.8 Å². The van der Waals surface area contributed by atoms with Gasteiger partial charge in [-0.15, -0.1) is 0 Å². The first kappa shape index (κ1) is 20.3. The average Bonchev–Trinajstić information content (AvgIpc) is 2.63. The highest BCUT2D eigenvalue weighted by Crippen LogP contribution is 2.32. The molecule has 2 N–H and O–H groups in total. The van der Waals surface area contributed by atoms with E-state index in [2.05, 4.69) is 25.7 Å². The van der Waals surface area contributed by atoms with Crippen LogP contribution in [0.15, 0.2) is 60.7 Å². The highest BCUT2D eigenvalue weighted by atomic mass is 35.5. The minimum absolute atomic E-state index is 0. The third-order valence-electron chi connectivity index (χ3n) is 4.31. The number of nitrogens with one attached hydrogen (secondary N) is 1. The van der Waals surface area contributed by atoms with Crippen LogP contribution >= 0.6 is 0 Å². The average molecular weight is 344 g/mol. The normalized spacial score (nSPS) is 10.7. The van der Waals surface area contributed by atoms with E-state index in [-0.39, 0.29) is 12.4 Å². The summed E-state index contributed by atoms with van der Waals surface area (Å²) in [6.07, 6.45) is 0.404. The van der Waals surface area contributed by atoms with Crippen molar-refractivity contribution in [3.05, 3.63) is 71.8 Å². The minimum Gasteiger partial charge on any atom is -1.00 e. The fourth-order valence-electron chi connectivity index (χ4n) is 2.68. The van der Waals surface area contributed by atoms with Gasteiger partial charge in [-0.2, -0.15) is 0 Å². The number of aliphatic hydroxyl groups is 1. The topological polar surface area (TPSA) is 24.7 Å². The van der Waals surface area contributed by atoms with Crippen molar-refractivity contribution in [2.45, 2.75) is 25.9 Å². The lowest BCUT2D eigenvalue weighted by molar-refractivity contribution is -0.889. The van der Waals surface area contributed by atoms with Gasteiger partial charge in [0.1, 0.15) is 12.1 Å². The molecule has 0 amide bonds. The molecule has 0 radical (unpaired) electrons. The van der Waals surface area contributed by atoms with E-state index in [9.17, 15) is 5.11 Å². The molecule has 0 heterocycles. The summed E-state index contributed by atoms with van der Waals surface area (Å²) in [7, 11) is 0. The lowest BCUT2D eigenvalue weighted by Crippen LogP contribution is -3.11. The summed E-state index contributed by atoms with van der Waals surface area (Å²) in [4.78, 5) is 1.46. The molecular weight excluding hydrogens is 318 g/mol. The molecule has 2 rings (SSSR count). The summed E-state index contributed by atoms with van der Waals surface area (Å²) in [6, 6.07) is 19.6. The molecule has 0 spiro atoms. The molecule has 0 atom stereocenters. The Kier molecular flexibility index (Phi) is 8.57. The standard InChI is InChI=1S/C21H25NO.ClH/c1-3-22(4-2)18-12-11-17-21(23,19-13-7-5-8-14-19)20-15-9-6-10-16-20;/h5-10,13-16,23H,3-4,17-18H2,1-2H3;1H. The van der Waals surface area contributed by atoms with E-state index >= 15 is 0 Å². The minimum atomic E-state index is -1.06. The number of quaternary nitrogens is 1. The van der Waals surface area contributed by atoms with E-state index < -0.39 is 5.60 Å². The van der Waals surface area contributed by atoms with Crippen LogP contribution in [0, 0.1) is 11.8 Å². The summed E-state index contributed by atoms with van der Waals surface area (Å²) in [5, 5.41) is 11.3. The van der Waals surface area contributed by atoms with Gasteiger partial charge in [0.25, 0.3) is 0 Å². The van der Waals surface area contributed by atoms with E-state index in [0.29, 0.717) is 6.42 Å². The fourth-order valence-corrected chi connectivity index (χ4v) is 2.68. The van der Waals surface area contributed by atoms with E-state index in [1.165, 1.54) is 4.90 Å². The van der Waals surface area contributed by atoms with Crippen molar-refractivity contribution in [2.24, 2.45) is 0 Å². The van der Waals surface area contributed by atoms with Crippen LogP contribution in [0.1, 0.15) is 31.4 Å². The molecule has 0 saturated heterocycles. The zero-order chi connectivity index (χ0) is 16.5. The summed E-state index contributed by atoms with van der Waals surface area (Å²) >= 11 is 0. The van der Waals surface area contributed by atoms with Crippen LogP contribution < -0.4 is 17.3 Å². The maximum atomic E-state index is 11.3. The molecule has 0 saturated carbocycles. The van der Waals surface area contributed by atoms with Crippen molar-refractivity contribution in [1.82, 2.24) is 0 Å². The van der Waals surface area contributed by atoms with Gasteiger partial charge in [-0.25, -0.2) is 0 Å². The molecule has 0 aliphatic carbocycles. The van der Waals surface area contributed by atoms with Crippen molar-refractivity contribution < 1.29 is 22.4 Å². The fraction of sp³-hybridized carbons (Fsp3) is 0.333. The Bertz CT molecular complexity index is 602. The number of halogens is 1. The predicted octanol–water partition coefficient (Wildman–Crippen LogP) is -0.755. The van der Waals surface area contributed by atoms with E-state index in [1.54, 1.807) is 0 Å². The van der Waals surface area contributed by atoms with Crippen LogP contribution in [0.4, 0.5) is 0 Å². The first-order chi connectivity index (χ1) is 11.2. The number of benzene rings is 2. The monoisotopic (exact) mass is 343 g/mol. The Hall–Kier alpha value is -1.79. The number of hydrogen-bond acceptors (Lipinski definition) is 1. The summed E-state index contributed by atoms with van der Waals surface area (Å²) in [6.45, 7) is 7.32. The van der Waals surface area contributed by atoms with Crippen molar-refractivity contribution in [2.75, 3.05) is 19.6 Å². The zero-order valence-electron chi connectivity index (χ0n) is 14.4. The predicted molar refractivity (Wildman–Crippen MR) is 95.2 cm³/mol. The summed E-state index contributed by atoms with van der Waals surface area (Å²) in [5.41, 5.74) is 0.708. The molecule has 2 aromatic carbocycles. The van der Waals surface area contributed by atoms with Gasteiger partial charge in [-0.3, -0.25) is 0 Å². The SMILES string of the molecule is CC[NH+](CC)CC#CCC(O)(c1ccccc1)c1ccccc1.[Cl-]. The maximum absolute atomic E-state index is 11.3. The molecule has 128 valence electrons. The molecule has 2 nitrogen and oxygen atoms in total. The van der Waals surface area contributed by atoms with Gasteiger partial charge in [-0.1, -0.05) is 66.6 Å². The Morgan fingerprint density at radius 3 is 1.71 bits per heavy atom. The molecule has 0 aliphatic rings. The van der Waals surface area contributed by atoms with Crippen LogP contribution in [0.3, 0.4) is 0 Å². The highest BCUT2D eigenvalue weighted by molar-refractivity contribution is 5.37. The third kappa shape index (κ3) is 5.11. The Morgan fingerprint density at radius 1 is 0.833 bits per heavy atom. The van der Waals surface area contributed by atoms with Crippen LogP contribution in [0.2, 0.25) is 0 Å². The molecule has 2 aromatic rings. The largest absolute Gasteiger partial charge is 1.00 e. The Morgan fingerprint density at radius 2 is 1.29 bits per heavy atom. The van der Waals surface area contributed by atoms with Crippen LogP contribution in [-0.4, -0.2) is 24.7 Å². The smallest absolute Gasteiger partial charge is 0.139 e. The van der Waals surface area contributed by atoms with Gasteiger partial charge in [0, 0.05) is 6.42 Å². The molecule has 0 fully saturated rings. The maximum Gasteiger partial charge on any atom is 0.139 e. The third-order valence-corrected chi connectivity index (χ3v) is 4.31. The molecule has 3 heteroatoms. The van der Waals surface area contributed by atoms with Crippen molar-refractivity contribution >= 4 is 0 Å². The second-order valence-electron chi connectivity index (χ2n) is 5.76. The van der Waals surface area contributed by atoms with Gasteiger partial charge in [0.05, 0.1) is 13.1 Å². The molecule has 0 aliphatic heterocycles. The van der Waals surface area contributed by atoms with E-state index in [1.807, 2.05) is 60.7 Å². The van der Waals surface area contributed by atoms with Gasteiger partial charge < -0.3 is 22.4 Å². The number of rotatable bonds is 6. The van der Waals surface area contributed by atoms with Gasteiger partial charge in [0.2, 0.25) is 0 Å². The zero-order valence-corrected chi connectivity index (χ0v) is 15.2. The van der Waals surface area contributed by atoms with E-state index in [4.69, 9.17) is 0 Å². The second-order valence-corrected chi connectivity index (χ2v) is 5.76. The summed E-state index contributed by atoms with van der Waals surface area (Å²) < 4.78 is 0. The van der Waals surface area contributed by atoms with Gasteiger partial charge >= 0.3 is 0 Å². The van der Waals surface area contributed by atoms with Gasteiger partial charge in [-0.05, 0) is 30.9 Å². The molecule has 24 heavy (non-hydrogen) atoms. The Labute approximate surface area is 151 Å². The second kappa shape index (κ2) is 10.2. The molecule has 0 unspecified atom stereocenters. The first-order valence-corrected chi connectivity index (χ1v) is 8.33. The lowest BCUT2D eigenvalue weighted by Gasteiger charge is -2.27. The van der Waals surface area contributed by atoms with Crippen molar-refractivity contribution in [3.8, 4) is 11.8 Å². The van der Waals surface area contributed by atoms with Crippen molar-refractivity contribution in [3.63, 3.8) is 0 Å². The van der Waals surface area contributed by atoms with Crippen LogP contribution in [0.25, 0.3) is 0 Å². The highest BCUT2D eigenvalue weighted by Gasteiger charge is 2.30. The molecule has 0 bridgehead atoms. The Balaban J connectivity index is 0.00000288. The summed E-state index contributed by atoms with van der Waals surface area (Å²) in [5.74, 6) is 6.44.